The van der Waals surface area contributed by atoms with Crippen molar-refractivity contribution >= 4 is 5.65 Å². The predicted octanol–water partition coefficient (Wildman–Crippen LogP) is 3.04. The molecule has 2 aromatic heterocycles. The Morgan fingerprint density at radius 1 is 1.11 bits per heavy atom. The van der Waals surface area contributed by atoms with Gasteiger partial charge in [0.2, 0.25) is 0 Å². The maximum Gasteiger partial charge on any atom is 0.258 e. The minimum atomic E-state index is -0.0516. The molecule has 0 fully saturated rings. The lowest BCUT2D eigenvalue weighted by Gasteiger charge is -2.18. The van der Waals surface area contributed by atoms with E-state index in [1.54, 1.807) is 17.6 Å². The number of methoxy groups -OCH3 is 1. The van der Waals surface area contributed by atoms with E-state index in [1.165, 1.54) is 0 Å². The number of hydrogen-bond donors (Lipinski definition) is 0. The van der Waals surface area contributed by atoms with Gasteiger partial charge < -0.3 is 9.47 Å². The van der Waals surface area contributed by atoms with E-state index in [1.807, 2.05) is 57.3 Å². The minimum Gasteiger partial charge on any atom is -0.493 e. The van der Waals surface area contributed by atoms with Crippen molar-refractivity contribution in [2.24, 2.45) is 0 Å². The highest BCUT2D eigenvalue weighted by Gasteiger charge is 2.10. The molecular weight excluding hydrogens is 342 g/mol. The van der Waals surface area contributed by atoms with Crippen LogP contribution in [0, 0.1) is 6.92 Å². The second kappa shape index (κ2) is 8.22. The average molecular weight is 367 g/mol. The fraction of sp³-hybridized carbons (Fsp3) is 0.333. The molecule has 0 unspecified atom stereocenters. The van der Waals surface area contributed by atoms with Crippen LogP contribution in [0.2, 0.25) is 0 Å². The highest BCUT2D eigenvalue weighted by molar-refractivity contribution is 5.43. The third kappa shape index (κ3) is 4.28. The number of benzene rings is 1. The van der Waals surface area contributed by atoms with Gasteiger partial charge in [-0.25, -0.2) is 4.98 Å². The van der Waals surface area contributed by atoms with Gasteiger partial charge in [-0.05, 0) is 50.7 Å². The number of fused-ring (bicyclic) bond motifs is 1. The van der Waals surface area contributed by atoms with Crippen molar-refractivity contribution in [3.05, 3.63) is 69.8 Å². The Morgan fingerprint density at radius 3 is 2.67 bits per heavy atom. The molecule has 1 aromatic carbocycles. The van der Waals surface area contributed by atoms with Crippen LogP contribution in [0.15, 0.2) is 47.3 Å². The molecule has 0 spiro atoms. The third-order valence-electron chi connectivity index (χ3n) is 4.35. The molecule has 0 saturated carbocycles. The first-order chi connectivity index (χ1) is 13.0. The van der Waals surface area contributed by atoms with E-state index in [4.69, 9.17) is 9.47 Å². The molecule has 0 atom stereocenters. The SMILES string of the molecule is CCOc1ccc(CN(C)Cc2cc(=O)n3c(C)cccc3n2)cc1OC. The van der Waals surface area contributed by atoms with E-state index >= 15 is 0 Å². The highest BCUT2D eigenvalue weighted by Crippen LogP contribution is 2.28. The predicted molar refractivity (Wildman–Crippen MR) is 106 cm³/mol. The molecule has 6 nitrogen and oxygen atoms in total. The van der Waals surface area contributed by atoms with Crippen LogP contribution in [0.25, 0.3) is 5.65 Å². The molecule has 0 amide bonds. The maximum absolute atomic E-state index is 12.4. The van der Waals surface area contributed by atoms with Gasteiger partial charge in [-0.3, -0.25) is 14.1 Å². The first-order valence-corrected chi connectivity index (χ1v) is 8.98. The Labute approximate surface area is 159 Å². The molecule has 0 bridgehead atoms. The molecule has 0 aliphatic heterocycles. The molecule has 3 aromatic rings. The fourth-order valence-corrected chi connectivity index (χ4v) is 3.17. The quantitative estimate of drug-likeness (QED) is 0.642. The fourth-order valence-electron chi connectivity index (χ4n) is 3.17. The van der Waals surface area contributed by atoms with Gasteiger partial charge in [-0.2, -0.15) is 0 Å². The van der Waals surface area contributed by atoms with Crippen LogP contribution in [0.1, 0.15) is 23.9 Å². The summed E-state index contributed by atoms with van der Waals surface area (Å²) in [6.07, 6.45) is 0. The summed E-state index contributed by atoms with van der Waals surface area (Å²) in [5.74, 6) is 1.46. The Hall–Kier alpha value is -2.86. The summed E-state index contributed by atoms with van der Waals surface area (Å²) < 4.78 is 12.6. The average Bonchev–Trinajstić information content (AvgIpc) is 2.62. The van der Waals surface area contributed by atoms with E-state index in [2.05, 4.69) is 9.88 Å². The second-order valence-corrected chi connectivity index (χ2v) is 6.54. The molecule has 0 saturated heterocycles. The van der Waals surface area contributed by atoms with Gasteiger partial charge in [-0.1, -0.05) is 12.1 Å². The molecule has 0 N–H and O–H groups in total. The molecule has 6 heteroatoms. The van der Waals surface area contributed by atoms with Crippen LogP contribution in [0.5, 0.6) is 11.5 Å². The lowest BCUT2D eigenvalue weighted by atomic mass is 10.2. The zero-order chi connectivity index (χ0) is 19.4. The zero-order valence-corrected chi connectivity index (χ0v) is 16.2. The number of hydrogen-bond acceptors (Lipinski definition) is 5. The number of nitrogens with zero attached hydrogens (tertiary/aromatic N) is 3. The molecule has 27 heavy (non-hydrogen) atoms. The van der Waals surface area contributed by atoms with Crippen molar-refractivity contribution in [1.82, 2.24) is 14.3 Å². The van der Waals surface area contributed by atoms with Crippen molar-refractivity contribution in [2.45, 2.75) is 26.9 Å². The molecule has 0 aliphatic carbocycles. The molecular formula is C21H25N3O3. The minimum absolute atomic E-state index is 0.0516. The van der Waals surface area contributed by atoms with Crippen LogP contribution in [-0.4, -0.2) is 35.0 Å². The van der Waals surface area contributed by atoms with Gasteiger partial charge in [0.05, 0.1) is 19.4 Å². The van der Waals surface area contributed by atoms with Crippen molar-refractivity contribution in [3.8, 4) is 11.5 Å². The van der Waals surface area contributed by atoms with Gasteiger partial charge in [0.15, 0.2) is 11.5 Å². The molecule has 0 radical (unpaired) electrons. The normalized spacial score (nSPS) is 11.1. The lowest BCUT2D eigenvalue weighted by Crippen LogP contribution is -2.22. The van der Waals surface area contributed by atoms with Crippen molar-refractivity contribution in [2.75, 3.05) is 20.8 Å². The van der Waals surface area contributed by atoms with Gasteiger partial charge in [0.1, 0.15) is 5.65 Å². The van der Waals surface area contributed by atoms with E-state index in [0.29, 0.717) is 25.3 Å². The lowest BCUT2D eigenvalue weighted by molar-refractivity contribution is 0.304. The van der Waals surface area contributed by atoms with Gasteiger partial charge in [0, 0.05) is 24.8 Å². The number of aromatic nitrogens is 2. The van der Waals surface area contributed by atoms with E-state index in [0.717, 1.165) is 28.5 Å². The zero-order valence-electron chi connectivity index (χ0n) is 16.2. The van der Waals surface area contributed by atoms with Crippen LogP contribution in [-0.2, 0) is 13.1 Å². The highest BCUT2D eigenvalue weighted by atomic mass is 16.5. The first-order valence-electron chi connectivity index (χ1n) is 8.98. The second-order valence-electron chi connectivity index (χ2n) is 6.54. The van der Waals surface area contributed by atoms with E-state index in [-0.39, 0.29) is 5.56 Å². The Morgan fingerprint density at radius 2 is 1.93 bits per heavy atom. The third-order valence-corrected chi connectivity index (χ3v) is 4.35. The van der Waals surface area contributed by atoms with E-state index in [9.17, 15) is 4.79 Å². The van der Waals surface area contributed by atoms with Crippen molar-refractivity contribution in [1.29, 1.82) is 0 Å². The summed E-state index contributed by atoms with van der Waals surface area (Å²) in [4.78, 5) is 19.2. The topological polar surface area (TPSA) is 56.1 Å². The van der Waals surface area contributed by atoms with Gasteiger partial charge in [0.25, 0.3) is 5.56 Å². The smallest absolute Gasteiger partial charge is 0.258 e. The van der Waals surface area contributed by atoms with Crippen LogP contribution in [0.4, 0.5) is 0 Å². The maximum atomic E-state index is 12.4. The standard InChI is InChI=1S/C21H25N3O3/c1-5-27-18-10-9-16(11-19(18)26-4)13-23(3)14-17-12-21(25)24-15(2)7-6-8-20(24)22-17/h6-12H,5,13-14H2,1-4H3. The summed E-state index contributed by atoms with van der Waals surface area (Å²) in [6, 6.07) is 13.2. The van der Waals surface area contributed by atoms with Crippen LogP contribution in [0.3, 0.4) is 0 Å². The molecule has 0 aliphatic rings. The summed E-state index contributed by atoms with van der Waals surface area (Å²) in [6.45, 7) is 5.73. The van der Waals surface area contributed by atoms with E-state index < -0.39 is 0 Å². The first kappa shape index (κ1) is 18.9. The summed E-state index contributed by atoms with van der Waals surface area (Å²) in [5.41, 5.74) is 3.36. The summed E-state index contributed by atoms with van der Waals surface area (Å²) >= 11 is 0. The monoisotopic (exact) mass is 367 g/mol. The van der Waals surface area contributed by atoms with Crippen molar-refractivity contribution in [3.63, 3.8) is 0 Å². The Balaban J connectivity index is 1.77. The molecule has 142 valence electrons. The largest absolute Gasteiger partial charge is 0.493 e. The van der Waals surface area contributed by atoms with Crippen molar-refractivity contribution < 1.29 is 9.47 Å². The summed E-state index contributed by atoms with van der Waals surface area (Å²) in [5, 5.41) is 0. The molecule has 2 heterocycles. The van der Waals surface area contributed by atoms with Crippen LogP contribution < -0.4 is 15.0 Å². The van der Waals surface area contributed by atoms with Gasteiger partial charge >= 0.3 is 0 Å². The van der Waals surface area contributed by atoms with Gasteiger partial charge in [-0.15, -0.1) is 0 Å². The molecule has 3 rings (SSSR count). The number of ether oxygens (including phenoxy) is 2. The Bertz CT molecular complexity index is 998. The Kier molecular flexibility index (Phi) is 5.76. The summed E-state index contributed by atoms with van der Waals surface area (Å²) in [7, 11) is 3.64. The van der Waals surface area contributed by atoms with Crippen LogP contribution >= 0.6 is 0 Å². The number of aryl methyl sites for hydroxylation is 1. The number of pyridine rings is 1. The number of rotatable bonds is 7.